The van der Waals surface area contributed by atoms with Crippen LogP contribution in [0.25, 0.3) is 0 Å². The van der Waals surface area contributed by atoms with Gasteiger partial charge in [-0.3, -0.25) is 0 Å². The molecule has 2 heterocycles. The first-order valence-corrected chi connectivity index (χ1v) is 11.4. The second kappa shape index (κ2) is 8.45. The number of halogens is 3. The molecule has 1 aromatic heterocycles. The van der Waals surface area contributed by atoms with Gasteiger partial charge in [0, 0.05) is 30.9 Å². The second-order valence-corrected chi connectivity index (χ2v) is 9.35. The number of rotatable bonds is 4. The van der Waals surface area contributed by atoms with E-state index < -0.39 is 11.7 Å². The van der Waals surface area contributed by atoms with Crippen molar-refractivity contribution in [2.24, 2.45) is 0 Å². The number of aromatic nitrogens is 1. The van der Waals surface area contributed by atoms with Gasteiger partial charge in [0.15, 0.2) is 0 Å². The second-order valence-electron chi connectivity index (χ2n) is 9.35. The van der Waals surface area contributed by atoms with E-state index in [1.54, 1.807) is 0 Å². The summed E-state index contributed by atoms with van der Waals surface area (Å²) in [4.78, 5) is 6.25. The van der Waals surface area contributed by atoms with Gasteiger partial charge in [0.2, 0.25) is 0 Å². The van der Waals surface area contributed by atoms with E-state index in [9.17, 15) is 13.2 Å². The Bertz CT molecular complexity index is 907. The number of nitrogens with zero attached hydrogens (tertiary/aromatic N) is 2. The van der Waals surface area contributed by atoms with Gasteiger partial charge in [-0.2, -0.15) is 13.2 Å². The normalized spacial score (nSPS) is 26.6. The molecular formula is C25H32F3N3. The van der Waals surface area contributed by atoms with E-state index in [2.05, 4.69) is 54.2 Å². The highest BCUT2D eigenvalue weighted by Gasteiger charge is 2.35. The lowest BCUT2D eigenvalue weighted by atomic mass is 9.85. The molecule has 4 rings (SSSR count). The maximum absolute atomic E-state index is 12.9. The molecule has 3 nitrogen and oxygen atoms in total. The Morgan fingerprint density at radius 1 is 1.23 bits per heavy atom. The third kappa shape index (κ3) is 4.45. The lowest BCUT2D eigenvalue weighted by Gasteiger charge is -2.31. The molecule has 1 aliphatic heterocycles. The summed E-state index contributed by atoms with van der Waals surface area (Å²) in [5.74, 6) is 1.27. The first-order valence-electron chi connectivity index (χ1n) is 11.4. The average Bonchev–Trinajstić information content (AvgIpc) is 3.07. The average molecular weight is 432 g/mol. The smallest absolute Gasteiger partial charge is 0.353 e. The van der Waals surface area contributed by atoms with Crippen LogP contribution in [-0.4, -0.2) is 24.1 Å². The minimum atomic E-state index is -4.36. The number of alkyl halides is 3. The van der Waals surface area contributed by atoms with Crippen molar-refractivity contribution >= 4 is 5.82 Å². The number of pyridine rings is 1. The first-order chi connectivity index (χ1) is 14.7. The van der Waals surface area contributed by atoms with E-state index in [0.717, 1.165) is 31.8 Å². The van der Waals surface area contributed by atoms with Crippen molar-refractivity contribution < 1.29 is 13.2 Å². The summed E-state index contributed by atoms with van der Waals surface area (Å²) in [6.45, 7) is 8.07. The predicted molar refractivity (Wildman–Crippen MR) is 118 cm³/mol. The zero-order valence-electron chi connectivity index (χ0n) is 18.6. The quantitative estimate of drug-likeness (QED) is 0.640. The number of aryl methyl sites for hydroxylation is 1. The predicted octanol–water partition coefficient (Wildman–Crippen LogP) is 6.03. The van der Waals surface area contributed by atoms with Gasteiger partial charge in [-0.05, 0) is 74.3 Å². The molecule has 0 bridgehead atoms. The van der Waals surface area contributed by atoms with Gasteiger partial charge < -0.3 is 10.2 Å². The number of hydrogen-bond donors (Lipinski definition) is 1. The third-order valence-corrected chi connectivity index (χ3v) is 7.16. The Morgan fingerprint density at radius 2 is 2.03 bits per heavy atom. The van der Waals surface area contributed by atoms with E-state index in [1.165, 1.54) is 48.4 Å². The third-order valence-electron chi connectivity index (χ3n) is 7.16. The van der Waals surface area contributed by atoms with Crippen molar-refractivity contribution in [3.05, 3.63) is 58.8 Å². The van der Waals surface area contributed by atoms with Crippen molar-refractivity contribution in [1.82, 2.24) is 10.3 Å². The zero-order valence-corrected chi connectivity index (χ0v) is 18.6. The van der Waals surface area contributed by atoms with E-state index >= 15 is 0 Å². The highest BCUT2D eigenvalue weighted by Crippen LogP contribution is 2.39. The molecule has 3 unspecified atom stereocenters. The zero-order chi connectivity index (χ0) is 22.2. The van der Waals surface area contributed by atoms with Gasteiger partial charge in [0.1, 0.15) is 5.82 Å². The summed E-state index contributed by atoms with van der Waals surface area (Å²) in [6, 6.07) is 9.72. The fraction of sp³-hybridized carbons (Fsp3) is 0.560. The van der Waals surface area contributed by atoms with Gasteiger partial charge in [-0.25, -0.2) is 4.98 Å². The summed E-state index contributed by atoms with van der Waals surface area (Å²) in [6.07, 6.45) is 2.31. The molecule has 168 valence electrons. The van der Waals surface area contributed by atoms with E-state index in [0.29, 0.717) is 11.7 Å². The first kappa shape index (κ1) is 22.1. The van der Waals surface area contributed by atoms with Crippen LogP contribution in [0.15, 0.2) is 36.5 Å². The van der Waals surface area contributed by atoms with Crippen LogP contribution in [0.4, 0.5) is 19.0 Å². The lowest BCUT2D eigenvalue weighted by molar-refractivity contribution is -0.137. The van der Waals surface area contributed by atoms with Crippen molar-refractivity contribution in [3.8, 4) is 0 Å². The summed E-state index contributed by atoms with van der Waals surface area (Å²) in [7, 11) is 0. The van der Waals surface area contributed by atoms with Crippen LogP contribution in [0.5, 0.6) is 0 Å². The minimum Gasteiger partial charge on any atom is -0.353 e. The molecule has 2 aromatic rings. The largest absolute Gasteiger partial charge is 0.417 e. The molecule has 3 atom stereocenters. The Hall–Kier alpha value is -2.08. The Kier molecular flexibility index (Phi) is 6.03. The van der Waals surface area contributed by atoms with E-state index in [4.69, 9.17) is 0 Å². The van der Waals surface area contributed by atoms with Crippen LogP contribution in [-0.2, 0) is 18.1 Å². The fourth-order valence-electron chi connectivity index (χ4n) is 5.13. The number of fused-ring (bicyclic) bond motifs is 1. The molecule has 1 N–H and O–H groups in total. The Balaban J connectivity index is 1.55. The summed E-state index contributed by atoms with van der Waals surface area (Å²) in [5, 5.41) is 3.75. The number of anilines is 1. The van der Waals surface area contributed by atoms with Gasteiger partial charge in [0.05, 0.1) is 5.56 Å². The van der Waals surface area contributed by atoms with Crippen LogP contribution < -0.4 is 10.2 Å². The molecule has 0 amide bonds. The summed E-state index contributed by atoms with van der Waals surface area (Å²) in [5.41, 5.74) is 3.43. The highest BCUT2D eigenvalue weighted by molar-refractivity contribution is 5.44. The molecular weight excluding hydrogens is 399 g/mol. The SMILES string of the molecule is CCCC1CCc2ccc(C3(C)CCN(c4ccc(C(F)(F)F)cn4)C(C)CN3)cc21. The van der Waals surface area contributed by atoms with Gasteiger partial charge in [0.25, 0.3) is 0 Å². The molecule has 1 aliphatic carbocycles. The molecule has 1 saturated heterocycles. The van der Waals surface area contributed by atoms with E-state index in [1.807, 2.05) is 0 Å². The van der Waals surface area contributed by atoms with Crippen LogP contribution >= 0.6 is 0 Å². The Labute approximate surface area is 183 Å². The maximum Gasteiger partial charge on any atom is 0.417 e. The molecule has 2 aliphatic rings. The minimum absolute atomic E-state index is 0.133. The number of benzene rings is 1. The molecule has 31 heavy (non-hydrogen) atoms. The summed E-state index contributed by atoms with van der Waals surface area (Å²) >= 11 is 0. The summed E-state index contributed by atoms with van der Waals surface area (Å²) < 4.78 is 38.7. The molecule has 1 fully saturated rings. The molecule has 0 saturated carbocycles. The van der Waals surface area contributed by atoms with Crippen molar-refractivity contribution in [2.75, 3.05) is 18.0 Å². The molecule has 0 spiro atoms. The molecule has 1 aromatic carbocycles. The van der Waals surface area contributed by atoms with Crippen LogP contribution in [0.1, 0.15) is 74.6 Å². The van der Waals surface area contributed by atoms with E-state index in [-0.39, 0.29) is 11.6 Å². The topological polar surface area (TPSA) is 28.2 Å². The lowest BCUT2D eigenvalue weighted by Crippen LogP contribution is -2.42. The fourth-order valence-corrected chi connectivity index (χ4v) is 5.13. The molecule has 0 radical (unpaired) electrons. The van der Waals surface area contributed by atoms with Crippen LogP contribution in [0.3, 0.4) is 0 Å². The Morgan fingerprint density at radius 3 is 2.71 bits per heavy atom. The monoisotopic (exact) mass is 431 g/mol. The number of nitrogens with one attached hydrogen (secondary N) is 1. The highest BCUT2D eigenvalue weighted by atomic mass is 19.4. The van der Waals surface area contributed by atoms with Crippen molar-refractivity contribution in [2.45, 2.75) is 76.6 Å². The van der Waals surface area contributed by atoms with Gasteiger partial charge >= 0.3 is 6.18 Å². The molecule has 6 heteroatoms. The van der Waals surface area contributed by atoms with Gasteiger partial charge in [-0.1, -0.05) is 31.5 Å². The van der Waals surface area contributed by atoms with Crippen LogP contribution in [0.2, 0.25) is 0 Å². The van der Waals surface area contributed by atoms with Crippen LogP contribution in [0, 0.1) is 0 Å². The maximum atomic E-state index is 12.9. The van der Waals surface area contributed by atoms with Crippen molar-refractivity contribution in [1.29, 1.82) is 0 Å². The van der Waals surface area contributed by atoms with Crippen molar-refractivity contribution in [3.63, 3.8) is 0 Å². The standard InChI is InChI=1S/C25H32F3N3/c1-4-5-18-6-7-19-8-9-20(14-22(18)19)24(3)12-13-31(17(2)15-30-24)23-11-10-21(16-29-23)25(26,27)28/h8-11,14,16-18,30H,4-7,12-13,15H2,1-3H3. The van der Waals surface area contributed by atoms with Gasteiger partial charge in [-0.15, -0.1) is 0 Å². The number of hydrogen-bond acceptors (Lipinski definition) is 3.